The van der Waals surface area contributed by atoms with E-state index in [1.807, 2.05) is 5.51 Å². The lowest BCUT2D eigenvalue weighted by atomic mass is 10.0. The largest absolute Gasteiger partial charge is 0.374 e. The lowest BCUT2D eigenvalue weighted by Gasteiger charge is -2.18. The summed E-state index contributed by atoms with van der Waals surface area (Å²) in [5.74, 6) is 1.64. The first-order valence-electron chi connectivity index (χ1n) is 8.12. The average Bonchev–Trinajstić information content (AvgIpc) is 3.23. The van der Waals surface area contributed by atoms with Crippen LogP contribution in [-0.2, 0) is 17.9 Å². The maximum absolute atomic E-state index is 6.14. The summed E-state index contributed by atoms with van der Waals surface area (Å²) in [6.07, 6.45) is 2.91. The fourth-order valence-corrected chi connectivity index (χ4v) is 4.49. The first kappa shape index (κ1) is 14.4. The quantitative estimate of drug-likeness (QED) is 0.843. The molecule has 4 heteroatoms. The van der Waals surface area contributed by atoms with Gasteiger partial charge < -0.3 is 4.74 Å². The Bertz CT molecular complexity index is 572. The van der Waals surface area contributed by atoms with E-state index in [4.69, 9.17) is 4.74 Å². The lowest BCUT2D eigenvalue weighted by molar-refractivity contribution is 0.0373. The van der Waals surface area contributed by atoms with Gasteiger partial charge in [-0.1, -0.05) is 30.3 Å². The molecule has 1 unspecified atom stereocenters. The molecule has 0 N–H and O–H groups in total. The van der Waals surface area contributed by atoms with Crippen molar-refractivity contribution in [3.05, 3.63) is 52.5 Å². The van der Waals surface area contributed by atoms with Gasteiger partial charge in [0.1, 0.15) is 0 Å². The SMILES string of the molecule is c1ccc(COC2C[C@@H]3CN(Cc4cscn4)C[C@@H]3C2)cc1. The Hall–Kier alpha value is -1.23. The number of fused-ring (bicyclic) bond motifs is 1. The van der Waals surface area contributed by atoms with E-state index in [1.54, 1.807) is 11.3 Å². The summed E-state index contributed by atoms with van der Waals surface area (Å²) in [6, 6.07) is 10.5. The third kappa shape index (κ3) is 3.24. The number of hydrogen-bond acceptors (Lipinski definition) is 4. The van der Waals surface area contributed by atoms with Crippen molar-refractivity contribution in [2.75, 3.05) is 13.1 Å². The highest BCUT2D eigenvalue weighted by Crippen LogP contribution is 2.40. The first-order chi connectivity index (χ1) is 10.9. The van der Waals surface area contributed by atoms with Gasteiger partial charge in [0.2, 0.25) is 0 Å². The third-order valence-electron chi connectivity index (χ3n) is 4.98. The van der Waals surface area contributed by atoms with E-state index in [9.17, 15) is 0 Å². The maximum atomic E-state index is 6.14. The Morgan fingerprint density at radius 2 is 1.91 bits per heavy atom. The van der Waals surface area contributed by atoms with Gasteiger partial charge >= 0.3 is 0 Å². The van der Waals surface area contributed by atoms with E-state index in [-0.39, 0.29) is 0 Å². The summed E-state index contributed by atoms with van der Waals surface area (Å²) in [4.78, 5) is 6.97. The van der Waals surface area contributed by atoms with Gasteiger partial charge in [-0.25, -0.2) is 4.98 Å². The molecule has 1 aromatic heterocycles. The number of hydrogen-bond donors (Lipinski definition) is 0. The van der Waals surface area contributed by atoms with Crippen LogP contribution in [0, 0.1) is 11.8 Å². The van der Waals surface area contributed by atoms with Crippen LogP contribution in [0.1, 0.15) is 24.1 Å². The zero-order chi connectivity index (χ0) is 14.8. The van der Waals surface area contributed by atoms with E-state index in [1.165, 1.54) is 37.2 Å². The van der Waals surface area contributed by atoms with Crippen LogP contribution in [-0.4, -0.2) is 29.1 Å². The van der Waals surface area contributed by atoms with Crippen LogP contribution in [0.3, 0.4) is 0 Å². The summed E-state index contributed by atoms with van der Waals surface area (Å²) < 4.78 is 6.14. The van der Waals surface area contributed by atoms with Crippen LogP contribution < -0.4 is 0 Å². The highest BCUT2D eigenvalue weighted by molar-refractivity contribution is 7.07. The van der Waals surface area contributed by atoms with Crippen LogP contribution in [0.25, 0.3) is 0 Å². The molecule has 0 amide bonds. The molecule has 1 aromatic carbocycles. The molecular weight excluding hydrogens is 292 g/mol. The number of likely N-dealkylation sites (tertiary alicyclic amines) is 1. The maximum Gasteiger partial charge on any atom is 0.0795 e. The van der Waals surface area contributed by atoms with Gasteiger partial charge in [0.15, 0.2) is 0 Å². The second kappa shape index (κ2) is 6.49. The molecule has 2 aliphatic rings. The molecule has 22 heavy (non-hydrogen) atoms. The molecule has 3 atom stereocenters. The van der Waals surface area contributed by atoms with Crippen LogP contribution in [0.2, 0.25) is 0 Å². The minimum Gasteiger partial charge on any atom is -0.374 e. The van der Waals surface area contributed by atoms with Crippen LogP contribution in [0.15, 0.2) is 41.2 Å². The van der Waals surface area contributed by atoms with Crippen molar-refractivity contribution in [3.8, 4) is 0 Å². The third-order valence-corrected chi connectivity index (χ3v) is 5.62. The summed E-state index contributed by atoms with van der Waals surface area (Å²) in [6.45, 7) is 4.21. The fraction of sp³-hybridized carbons (Fsp3) is 0.500. The monoisotopic (exact) mass is 314 g/mol. The van der Waals surface area contributed by atoms with Gasteiger partial charge in [0.25, 0.3) is 0 Å². The number of benzene rings is 1. The Kier molecular flexibility index (Phi) is 4.24. The summed E-state index contributed by atoms with van der Waals surface area (Å²) in [5.41, 5.74) is 4.44. The van der Waals surface area contributed by atoms with E-state index < -0.39 is 0 Å². The normalized spacial score (nSPS) is 28.1. The molecule has 0 radical (unpaired) electrons. The Morgan fingerprint density at radius 3 is 2.59 bits per heavy atom. The molecule has 2 aromatic rings. The van der Waals surface area contributed by atoms with Crippen molar-refractivity contribution in [1.29, 1.82) is 0 Å². The summed E-state index contributed by atoms with van der Waals surface area (Å²) >= 11 is 1.69. The molecule has 2 heterocycles. The molecule has 4 rings (SSSR count). The van der Waals surface area contributed by atoms with E-state index in [0.717, 1.165) is 25.0 Å². The molecule has 2 fully saturated rings. The highest BCUT2D eigenvalue weighted by atomic mass is 32.1. The molecule has 0 spiro atoms. The molecule has 1 aliphatic heterocycles. The minimum absolute atomic E-state index is 0.455. The predicted molar refractivity (Wildman–Crippen MR) is 88.6 cm³/mol. The van der Waals surface area contributed by atoms with Crippen LogP contribution >= 0.6 is 11.3 Å². The van der Waals surface area contributed by atoms with Gasteiger partial charge in [-0.05, 0) is 30.2 Å². The standard InChI is InChI=1S/C18H22N2OS/c1-2-4-14(5-3-1)11-21-18-6-15-8-20(9-16(15)7-18)10-17-12-22-13-19-17/h1-5,12-13,15-16,18H,6-11H2/t15-,16+,18?. The Labute approximate surface area is 135 Å². The summed E-state index contributed by atoms with van der Waals surface area (Å²) in [7, 11) is 0. The Morgan fingerprint density at radius 1 is 1.14 bits per heavy atom. The van der Waals surface area contributed by atoms with E-state index in [2.05, 4.69) is 45.6 Å². The topological polar surface area (TPSA) is 25.4 Å². The van der Waals surface area contributed by atoms with Crippen LogP contribution in [0.5, 0.6) is 0 Å². The average molecular weight is 314 g/mol. The number of nitrogens with zero attached hydrogens (tertiary/aromatic N) is 2. The summed E-state index contributed by atoms with van der Waals surface area (Å²) in [5, 5.41) is 2.17. The molecule has 0 bridgehead atoms. The molecule has 1 saturated carbocycles. The predicted octanol–water partition coefficient (Wildman–Crippen LogP) is 3.57. The number of aromatic nitrogens is 1. The lowest BCUT2D eigenvalue weighted by Crippen LogP contribution is -2.23. The van der Waals surface area contributed by atoms with Crippen molar-refractivity contribution in [2.24, 2.45) is 11.8 Å². The van der Waals surface area contributed by atoms with Crippen molar-refractivity contribution < 1.29 is 4.74 Å². The van der Waals surface area contributed by atoms with Gasteiger partial charge in [0, 0.05) is 25.0 Å². The zero-order valence-corrected chi connectivity index (χ0v) is 13.5. The number of thiazole rings is 1. The molecular formula is C18H22N2OS. The molecule has 116 valence electrons. The zero-order valence-electron chi connectivity index (χ0n) is 12.7. The fourth-order valence-electron chi connectivity index (χ4n) is 3.94. The van der Waals surface area contributed by atoms with Crippen LogP contribution in [0.4, 0.5) is 0 Å². The highest BCUT2D eigenvalue weighted by Gasteiger charge is 2.41. The van der Waals surface area contributed by atoms with Crippen molar-refractivity contribution in [2.45, 2.75) is 32.1 Å². The van der Waals surface area contributed by atoms with Gasteiger partial charge in [0.05, 0.1) is 23.9 Å². The molecule has 1 aliphatic carbocycles. The second-order valence-corrected chi connectivity index (χ2v) is 7.30. The van der Waals surface area contributed by atoms with Crippen molar-refractivity contribution >= 4 is 11.3 Å². The first-order valence-corrected chi connectivity index (χ1v) is 9.06. The van der Waals surface area contributed by atoms with Gasteiger partial charge in [-0.3, -0.25) is 4.90 Å². The Balaban J connectivity index is 1.25. The smallest absolute Gasteiger partial charge is 0.0795 e. The molecule has 1 saturated heterocycles. The molecule has 3 nitrogen and oxygen atoms in total. The number of ether oxygens (including phenoxy) is 1. The van der Waals surface area contributed by atoms with E-state index in [0.29, 0.717) is 6.10 Å². The van der Waals surface area contributed by atoms with E-state index >= 15 is 0 Å². The van der Waals surface area contributed by atoms with Gasteiger partial charge in [-0.2, -0.15) is 0 Å². The van der Waals surface area contributed by atoms with Crippen molar-refractivity contribution in [3.63, 3.8) is 0 Å². The van der Waals surface area contributed by atoms with Crippen molar-refractivity contribution in [1.82, 2.24) is 9.88 Å². The second-order valence-electron chi connectivity index (χ2n) is 6.58. The minimum atomic E-state index is 0.455. The number of rotatable bonds is 5. The van der Waals surface area contributed by atoms with Gasteiger partial charge in [-0.15, -0.1) is 11.3 Å².